The number of hydrogen-bond acceptors (Lipinski definition) is 12. The van der Waals surface area contributed by atoms with Crippen LogP contribution in [0.5, 0.6) is 0 Å². The second-order valence-corrected chi connectivity index (χ2v) is 11.1. The highest BCUT2D eigenvalue weighted by Gasteiger charge is 2.23. The first kappa shape index (κ1) is 38.7. The Morgan fingerprint density at radius 2 is 1.12 bits per heavy atom. The summed E-state index contributed by atoms with van der Waals surface area (Å²) in [5.74, 6) is -0.00282. The van der Waals surface area contributed by atoms with Crippen molar-refractivity contribution in [2.45, 2.75) is 19.4 Å². The van der Waals surface area contributed by atoms with Crippen LogP contribution in [-0.4, -0.2) is 117 Å². The molecular formula is C36H50N4O8. The average molecular weight is 667 g/mol. The zero-order valence-corrected chi connectivity index (χ0v) is 27.7. The number of anilines is 2. The molecular weight excluding hydrogens is 616 g/mol. The lowest BCUT2D eigenvalue weighted by atomic mass is 9.92. The number of rotatable bonds is 24. The molecule has 7 N–H and O–H groups in total. The molecule has 262 valence electrons. The lowest BCUT2D eigenvalue weighted by Gasteiger charge is -2.29. The molecule has 0 radical (unpaired) electrons. The Morgan fingerprint density at radius 3 is 1.65 bits per heavy atom. The lowest BCUT2D eigenvalue weighted by Crippen LogP contribution is -2.38. The molecule has 3 rings (SSSR count). The van der Waals surface area contributed by atoms with Crippen LogP contribution in [-0.2, 0) is 25.4 Å². The number of nitrogens with zero attached hydrogens (tertiary/aromatic N) is 2. The first-order chi connectivity index (χ1) is 23.4. The van der Waals surface area contributed by atoms with Gasteiger partial charge in [0, 0.05) is 17.3 Å². The number of ether oxygens (including phenoxy) is 4. The van der Waals surface area contributed by atoms with E-state index >= 15 is 0 Å². The van der Waals surface area contributed by atoms with Gasteiger partial charge >= 0.3 is 0 Å². The number of aliphatic imine (C=N–C) groups is 2. The molecule has 0 saturated carbocycles. The average Bonchev–Trinajstić information content (AvgIpc) is 3.09. The zero-order chi connectivity index (χ0) is 34.4. The number of aryl methyl sites for hydroxylation is 1. The summed E-state index contributed by atoms with van der Waals surface area (Å²) in [4.78, 5) is 9.58. The molecule has 2 atom stereocenters. The van der Waals surface area contributed by atoms with E-state index in [1.807, 2.05) is 24.3 Å². The van der Waals surface area contributed by atoms with E-state index in [2.05, 4.69) is 36.5 Å². The SMILES string of the molecule is Cc1ccc(CC(COCCO)C(COCCO)Nc2ccc(N=C(COCCO)C(COCCO)=Nc3ccc(N)cc3)cc2)cc1. The smallest absolute Gasteiger partial charge is 0.0908 e. The molecule has 0 bridgehead atoms. The molecule has 0 heterocycles. The summed E-state index contributed by atoms with van der Waals surface area (Å²) in [5.41, 5.74) is 12.0. The maximum atomic E-state index is 9.34. The zero-order valence-electron chi connectivity index (χ0n) is 27.7. The molecule has 0 fully saturated rings. The van der Waals surface area contributed by atoms with E-state index in [4.69, 9.17) is 34.7 Å². The Kier molecular flexibility index (Phi) is 18.4. The summed E-state index contributed by atoms with van der Waals surface area (Å²) in [6.45, 7) is 3.24. The van der Waals surface area contributed by atoms with Crippen molar-refractivity contribution in [2.24, 2.45) is 15.9 Å². The normalized spacial score (nSPS) is 13.4. The number of aliphatic hydroxyl groups excluding tert-OH is 4. The van der Waals surface area contributed by atoms with Crippen molar-refractivity contribution >= 4 is 34.2 Å². The fourth-order valence-corrected chi connectivity index (χ4v) is 4.75. The summed E-state index contributed by atoms with van der Waals surface area (Å²) in [6.07, 6.45) is 0.722. The van der Waals surface area contributed by atoms with Gasteiger partial charge in [0.05, 0.1) is 108 Å². The quantitative estimate of drug-likeness (QED) is 0.0473. The fraction of sp³-hybridized carbons (Fsp3) is 0.444. The first-order valence-corrected chi connectivity index (χ1v) is 16.1. The lowest BCUT2D eigenvalue weighted by molar-refractivity contribution is 0.0384. The summed E-state index contributed by atoms with van der Waals surface area (Å²) in [5, 5.41) is 40.8. The van der Waals surface area contributed by atoms with Crippen LogP contribution in [0.25, 0.3) is 0 Å². The van der Waals surface area contributed by atoms with E-state index < -0.39 is 0 Å². The summed E-state index contributed by atoms with van der Waals surface area (Å²) >= 11 is 0. The van der Waals surface area contributed by atoms with Gasteiger partial charge in [-0.3, -0.25) is 0 Å². The van der Waals surface area contributed by atoms with E-state index in [0.29, 0.717) is 41.7 Å². The van der Waals surface area contributed by atoms with E-state index in [0.717, 1.165) is 17.7 Å². The van der Waals surface area contributed by atoms with Crippen molar-refractivity contribution in [3.8, 4) is 0 Å². The minimum Gasteiger partial charge on any atom is -0.399 e. The highest BCUT2D eigenvalue weighted by Crippen LogP contribution is 2.23. The number of aliphatic hydroxyl groups is 4. The first-order valence-electron chi connectivity index (χ1n) is 16.1. The van der Waals surface area contributed by atoms with Gasteiger partial charge in [0.1, 0.15) is 0 Å². The molecule has 2 unspecified atom stereocenters. The van der Waals surface area contributed by atoms with E-state index in [-0.39, 0.29) is 78.0 Å². The second-order valence-electron chi connectivity index (χ2n) is 11.1. The van der Waals surface area contributed by atoms with Gasteiger partial charge in [-0.05, 0) is 67.4 Å². The van der Waals surface area contributed by atoms with Crippen LogP contribution in [0.2, 0.25) is 0 Å². The maximum absolute atomic E-state index is 9.34. The van der Waals surface area contributed by atoms with Gasteiger partial charge in [-0.1, -0.05) is 29.8 Å². The van der Waals surface area contributed by atoms with E-state index in [1.54, 1.807) is 24.3 Å². The Bertz CT molecular complexity index is 1350. The second kappa shape index (κ2) is 22.8. The molecule has 12 nitrogen and oxygen atoms in total. The van der Waals surface area contributed by atoms with Crippen LogP contribution in [0, 0.1) is 12.8 Å². The Morgan fingerprint density at radius 1 is 0.646 bits per heavy atom. The fourth-order valence-electron chi connectivity index (χ4n) is 4.75. The molecule has 0 saturated heterocycles. The van der Waals surface area contributed by atoms with Gasteiger partial charge in [-0.25, -0.2) is 9.98 Å². The number of nitrogen functional groups attached to an aromatic ring is 1. The predicted molar refractivity (Wildman–Crippen MR) is 189 cm³/mol. The van der Waals surface area contributed by atoms with Gasteiger partial charge < -0.3 is 50.4 Å². The monoisotopic (exact) mass is 666 g/mol. The number of nitrogens with one attached hydrogen (secondary N) is 1. The van der Waals surface area contributed by atoms with Crippen LogP contribution >= 0.6 is 0 Å². The van der Waals surface area contributed by atoms with Crippen molar-refractivity contribution < 1.29 is 39.4 Å². The van der Waals surface area contributed by atoms with E-state index in [1.165, 1.54) is 5.56 Å². The molecule has 0 aliphatic rings. The molecule has 0 aliphatic carbocycles. The van der Waals surface area contributed by atoms with Gasteiger partial charge in [0.2, 0.25) is 0 Å². The minimum atomic E-state index is -0.171. The third kappa shape index (κ3) is 14.6. The predicted octanol–water partition coefficient (Wildman–Crippen LogP) is 3.10. The van der Waals surface area contributed by atoms with Gasteiger partial charge in [-0.15, -0.1) is 0 Å². The van der Waals surface area contributed by atoms with Gasteiger partial charge in [-0.2, -0.15) is 0 Å². The summed E-state index contributed by atoms with van der Waals surface area (Å²) in [7, 11) is 0. The maximum Gasteiger partial charge on any atom is 0.0908 e. The van der Waals surface area contributed by atoms with Crippen LogP contribution in [0.3, 0.4) is 0 Å². The molecule has 0 spiro atoms. The summed E-state index contributed by atoms with van der Waals surface area (Å²) < 4.78 is 22.9. The molecule has 12 heteroatoms. The Labute approximate surface area is 282 Å². The van der Waals surface area contributed by atoms with Crippen LogP contribution in [0.1, 0.15) is 11.1 Å². The van der Waals surface area contributed by atoms with Crippen molar-refractivity contribution in [1.82, 2.24) is 0 Å². The third-order valence-corrected chi connectivity index (χ3v) is 7.21. The molecule has 3 aromatic carbocycles. The van der Waals surface area contributed by atoms with E-state index in [9.17, 15) is 20.4 Å². The molecule has 3 aromatic rings. The van der Waals surface area contributed by atoms with Gasteiger partial charge in [0.15, 0.2) is 0 Å². The van der Waals surface area contributed by atoms with Crippen molar-refractivity contribution in [3.05, 3.63) is 83.9 Å². The molecule has 0 amide bonds. The summed E-state index contributed by atoms with van der Waals surface area (Å²) in [6, 6.07) is 22.9. The Balaban J connectivity index is 1.88. The number of nitrogens with two attached hydrogens (primary N) is 1. The topological polar surface area (TPSA) is 181 Å². The van der Waals surface area contributed by atoms with Crippen LogP contribution < -0.4 is 11.1 Å². The molecule has 0 aliphatic heterocycles. The van der Waals surface area contributed by atoms with Crippen molar-refractivity contribution in [3.63, 3.8) is 0 Å². The number of benzene rings is 3. The highest BCUT2D eigenvalue weighted by molar-refractivity contribution is 6.44. The van der Waals surface area contributed by atoms with Crippen molar-refractivity contribution in [2.75, 3.05) is 90.3 Å². The highest BCUT2D eigenvalue weighted by atomic mass is 16.5. The van der Waals surface area contributed by atoms with Crippen LogP contribution in [0.4, 0.5) is 22.7 Å². The largest absolute Gasteiger partial charge is 0.399 e. The number of hydrogen-bond donors (Lipinski definition) is 6. The third-order valence-electron chi connectivity index (χ3n) is 7.21. The van der Waals surface area contributed by atoms with Gasteiger partial charge in [0.25, 0.3) is 0 Å². The van der Waals surface area contributed by atoms with Crippen LogP contribution in [0.15, 0.2) is 82.8 Å². The molecule has 48 heavy (non-hydrogen) atoms. The molecule has 0 aromatic heterocycles. The minimum absolute atomic E-state index is 0.00282. The standard InChI is InChI=1S/C36H50N4O8/c1-27-2-4-28(5-3-27)22-29(23-45-18-14-41)34(24-46-19-15-42)38-32-10-12-33(13-11-32)40-36(26-48-21-17-44)35(25-47-20-16-43)39-31-8-6-30(37)7-9-31/h2-13,29,34,38,41-44H,14-26,37H2,1H3. The Hall–Kier alpha value is -3.72. The van der Waals surface area contributed by atoms with Crippen molar-refractivity contribution in [1.29, 1.82) is 0 Å².